The predicted molar refractivity (Wildman–Crippen MR) is 154 cm³/mol. The fraction of sp³-hybridized carbons (Fsp3) is 0.710. The van der Waals surface area contributed by atoms with Gasteiger partial charge in [-0.05, 0) is 76.8 Å². The highest BCUT2D eigenvalue weighted by Gasteiger charge is 2.32. The second kappa shape index (κ2) is 15.2. The summed E-state index contributed by atoms with van der Waals surface area (Å²) in [5.74, 6) is -0.782. The summed E-state index contributed by atoms with van der Waals surface area (Å²) in [6.45, 7) is 10.4. The van der Waals surface area contributed by atoms with E-state index in [0.29, 0.717) is 62.9 Å². The lowest BCUT2D eigenvalue weighted by Gasteiger charge is -2.35. The zero-order valence-electron chi connectivity index (χ0n) is 25.1. The second-order valence-electron chi connectivity index (χ2n) is 12.4. The molecule has 2 amide bonds. The summed E-state index contributed by atoms with van der Waals surface area (Å²) < 4.78 is 11.1. The lowest BCUT2D eigenvalue weighted by Crippen LogP contribution is -2.43. The van der Waals surface area contributed by atoms with Crippen molar-refractivity contribution in [3.05, 3.63) is 24.0 Å². The fourth-order valence-electron chi connectivity index (χ4n) is 5.57. The summed E-state index contributed by atoms with van der Waals surface area (Å²) in [6, 6.07) is 1.78. The van der Waals surface area contributed by atoms with Crippen LogP contribution < -0.4 is 4.74 Å². The number of rotatable bonds is 12. The number of amides is 2. The molecule has 228 valence electrons. The van der Waals surface area contributed by atoms with Crippen LogP contribution >= 0.6 is 0 Å². The molecule has 3 rings (SSSR count). The molecule has 0 radical (unpaired) electrons. The van der Waals surface area contributed by atoms with Crippen LogP contribution in [0.5, 0.6) is 5.75 Å². The first-order chi connectivity index (χ1) is 19.4. The number of carbonyl (C=O) groups excluding carboxylic acids is 3. The monoisotopic (exact) mass is 573 g/mol. The number of aliphatic carboxylic acids is 1. The van der Waals surface area contributed by atoms with E-state index >= 15 is 0 Å². The molecule has 0 aliphatic carbocycles. The maximum absolute atomic E-state index is 13.3. The van der Waals surface area contributed by atoms with Gasteiger partial charge in [-0.3, -0.25) is 19.4 Å². The number of aromatic nitrogens is 1. The molecular formula is C31H47N3O7. The molecule has 0 aromatic carbocycles. The van der Waals surface area contributed by atoms with Gasteiger partial charge in [0, 0.05) is 57.1 Å². The Morgan fingerprint density at radius 1 is 1.05 bits per heavy atom. The smallest absolute Gasteiger partial charge is 0.410 e. The molecule has 2 fully saturated rings. The third kappa shape index (κ3) is 10.6. The van der Waals surface area contributed by atoms with Crippen molar-refractivity contribution in [2.24, 2.45) is 11.8 Å². The van der Waals surface area contributed by atoms with Gasteiger partial charge in [-0.25, -0.2) is 4.79 Å². The van der Waals surface area contributed by atoms with Crippen LogP contribution in [0, 0.1) is 11.8 Å². The van der Waals surface area contributed by atoms with Crippen molar-refractivity contribution in [3.63, 3.8) is 0 Å². The Labute approximate surface area is 243 Å². The van der Waals surface area contributed by atoms with Gasteiger partial charge in [0.1, 0.15) is 17.1 Å². The first kappa shape index (κ1) is 32.3. The predicted octanol–water partition coefficient (Wildman–Crippen LogP) is 5.05. The van der Waals surface area contributed by atoms with Crippen LogP contribution in [0.1, 0.15) is 97.0 Å². The Kier molecular flexibility index (Phi) is 12.0. The number of pyridine rings is 1. The minimum atomic E-state index is -0.972. The summed E-state index contributed by atoms with van der Waals surface area (Å²) in [5.41, 5.74) is 0.160. The van der Waals surface area contributed by atoms with Crippen LogP contribution in [0.4, 0.5) is 4.79 Å². The van der Waals surface area contributed by atoms with Crippen LogP contribution in [-0.2, 0) is 19.1 Å². The van der Waals surface area contributed by atoms with Crippen molar-refractivity contribution < 1.29 is 33.8 Å². The second-order valence-corrected chi connectivity index (χ2v) is 12.4. The molecule has 2 aliphatic rings. The summed E-state index contributed by atoms with van der Waals surface area (Å²) in [7, 11) is 0. The molecule has 1 aromatic heterocycles. The Morgan fingerprint density at radius 3 is 2.44 bits per heavy atom. The molecule has 0 saturated carbocycles. The van der Waals surface area contributed by atoms with Crippen molar-refractivity contribution in [1.29, 1.82) is 0 Å². The Hall–Kier alpha value is -3.17. The number of hydrogen-bond donors (Lipinski definition) is 1. The number of carboxylic acid groups (broad SMARTS) is 1. The van der Waals surface area contributed by atoms with E-state index in [9.17, 15) is 24.3 Å². The van der Waals surface area contributed by atoms with Crippen molar-refractivity contribution in [2.75, 3.05) is 32.8 Å². The topological polar surface area (TPSA) is 126 Å². The first-order valence-corrected chi connectivity index (χ1v) is 15.0. The zero-order chi connectivity index (χ0) is 30.0. The quantitative estimate of drug-likeness (QED) is 0.368. The summed E-state index contributed by atoms with van der Waals surface area (Å²) >= 11 is 0. The maximum Gasteiger partial charge on any atom is 0.410 e. The summed E-state index contributed by atoms with van der Waals surface area (Å²) in [4.78, 5) is 58.1. The van der Waals surface area contributed by atoms with Gasteiger partial charge in [-0.2, -0.15) is 0 Å². The van der Waals surface area contributed by atoms with Gasteiger partial charge in [0.2, 0.25) is 5.91 Å². The molecule has 1 N–H and O–H groups in total. The molecule has 2 saturated heterocycles. The van der Waals surface area contributed by atoms with Gasteiger partial charge in [0.05, 0.1) is 19.2 Å². The van der Waals surface area contributed by atoms with Crippen LogP contribution in [0.3, 0.4) is 0 Å². The SMILES string of the molecule is CCCOc1cncc([C@H](CC(=O)O)CC(=O)[C@@H]2CCCN(C(=O)CCC3CCN(C(=O)OC(C)(C)C)CC3)C2)c1. The van der Waals surface area contributed by atoms with Crippen molar-refractivity contribution in [2.45, 2.75) is 97.0 Å². The number of nitrogens with zero attached hydrogens (tertiary/aromatic N) is 3. The number of ether oxygens (including phenoxy) is 2. The molecule has 2 atom stereocenters. The number of ketones is 1. The average molecular weight is 574 g/mol. The standard InChI is InChI=1S/C31H47N3O7/c1-5-15-40-26-16-25(19-32-20-26)24(18-29(37)38)17-27(35)23-7-6-12-34(21-23)28(36)9-8-22-10-13-33(14-11-22)30(39)41-31(2,3)4/h16,19-20,22-24H,5-15,17-18,21H2,1-4H3,(H,37,38)/t23-,24+/m1/s1. The number of carbonyl (C=O) groups is 4. The van der Waals surface area contributed by atoms with Crippen LogP contribution in [0.2, 0.25) is 0 Å². The normalized spacial score (nSPS) is 19.0. The number of carboxylic acids is 1. The zero-order valence-corrected chi connectivity index (χ0v) is 25.1. The molecule has 0 spiro atoms. The Balaban J connectivity index is 1.49. The molecule has 0 unspecified atom stereocenters. The number of piperidine rings is 2. The van der Waals surface area contributed by atoms with E-state index in [1.54, 1.807) is 28.3 Å². The van der Waals surface area contributed by atoms with E-state index in [0.717, 1.165) is 32.1 Å². The van der Waals surface area contributed by atoms with E-state index in [-0.39, 0.29) is 36.5 Å². The summed E-state index contributed by atoms with van der Waals surface area (Å²) in [6.07, 6.45) is 8.00. The van der Waals surface area contributed by atoms with E-state index in [1.165, 1.54) is 0 Å². The third-order valence-corrected chi connectivity index (χ3v) is 7.81. The lowest BCUT2D eigenvalue weighted by molar-refractivity contribution is -0.137. The fourth-order valence-corrected chi connectivity index (χ4v) is 5.57. The van der Waals surface area contributed by atoms with Crippen LogP contribution in [-0.4, -0.2) is 82.0 Å². The highest BCUT2D eigenvalue weighted by atomic mass is 16.6. The van der Waals surface area contributed by atoms with Gasteiger partial charge in [-0.1, -0.05) is 6.92 Å². The van der Waals surface area contributed by atoms with Gasteiger partial charge >= 0.3 is 12.1 Å². The molecule has 10 heteroatoms. The maximum atomic E-state index is 13.3. The Bertz CT molecular complexity index is 1050. The minimum Gasteiger partial charge on any atom is -0.492 e. The van der Waals surface area contributed by atoms with E-state index in [2.05, 4.69) is 4.98 Å². The third-order valence-electron chi connectivity index (χ3n) is 7.81. The van der Waals surface area contributed by atoms with Gasteiger partial charge in [0.15, 0.2) is 0 Å². The van der Waals surface area contributed by atoms with Gasteiger partial charge in [-0.15, -0.1) is 0 Å². The lowest BCUT2D eigenvalue weighted by atomic mass is 9.84. The van der Waals surface area contributed by atoms with Gasteiger partial charge in [0.25, 0.3) is 0 Å². The first-order valence-electron chi connectivity index (χ1n) is 15.0. The van der Waals surface area contributed by atoms with Crippen molar-refractivity contribution >= 4 is 23.8 Å². The molecule has 10 nitrogen and oxygen atoms in total. The van der Waals surface area contributed by atoms with E-state index in [4.69, 9.17) is 9.47 Å². The molecule has 0 bridgehead atoms. The number of likely N-dealkylation sites (tertiary alicyclic amines) is 2. The Morgan fingerprint density at radius 2 is 1.78 bits per heavy atom. The van der Waals surface area contributed by atoms with Gasteiger partial charge < -0.3 is 24.4 Å². The minimum absolute atomic E-state index is 0.0110. The number of Topliss-reactive ketones (excluding diaryl/α,β-unsaturated/α-hetero) is 1. The van der Waals surface area contributed by atoms with E-state index < -0.39 is 17.5 Å². The number of hydrogen-bond acceptors (Lipinski definition) is 7. The van der Waals surface area contributed by atoms with Crippen molar-refractivity contribution in [1.82, 2.24) is 14.8 Å². The molecule has 1 aromatic rings. The average Bonchev–Trinajstić information content (AvgIpc) is 2.93. The highest BCUT2D eigenvalue weighted by molar-refractivity contribution is 5.84. The van der Waals surface area contributed by atoms with Crippen LogP contribution in [0.15, 0.2) is 18.5 Å². The largest absolute Gasteiger partial charge is 0.492 e. The molecule has 3 heterocycles. The van der Waals surface area contributed by atoms with E-state index in [1.807, 2.05) is 27.7 Å². The summed E-state index contributed by atoms with van der Waals surface area (Å²) in [5, 5.41) is 9.51. The van der Waals surface area contributed by atoms with Crippen molar-refractivity contribution in [3.8, 4) is 5.75 Å². The molecular weight excluding hydrogens is 526 g/mol. The van der Waals surface area contributed by atoms with Crippen LogP contribution in [0.25, 0.3) is 0 Å². The molecule has 41 heavy (non-hydrogen) atoms. The highest BCUT2D eigenvalue weighted by Crippen LogP contribution is 2.30. The molecule has 2 aliphatic heterocycles.